The summed E-state index contributed by atoms with van der Waals surface area (Å²) in [5.74, 6) is 0. The van der Waals surface area contributed by atoms with E-state index < -0.39 is 0 Å². The van der Waals surface area contributed by atoms with Crippen molar-refractivity contribution >= 4 is 11.4 Å². The van der Waals surface area contributed by atoms with Crippen molar-refractivity contribution in [1.29, 1.82) is 0 Å². The molecule has 1 heterocycles. The lowest BCUT2D eigenvalue weighted by Gasteiger charge is -2.25. The molecule has 112 valence electrons. The van der Waals surface area contributed by atoms with E-state index in [1.54, 1.807) is 0 Å². The summed E-state index contributed by atoms with van der Waals surface area (Å²) in [7, 11) is 2.10. The molecule has 1 aromatic heterocycles. The zero-order chi connectivity index (χ0) is 15.5. The Morgan fingerprint density at radius 2 is 1.95 bits per heavy atom. The van der Waals surface area contributed by atoms with E-state index in [0.29, 0.717) is 0 Å². The fraction of sp³-hybridized carbons (Fsp3) is 0.389. The van der Waals surface area contributed by atoms with Gasteiger partial charge in [-0.25, -0.2) is 0 Å². The molecule has 3 heteroatoms. The first-order valence-corrected chi connectivity index (χ1v) is 7.35. The average molecular weight is 283 g/mol. The lowest BCUT2D eigenvalue weighted by molar-refractivity contribution is 0.424. The molecule has 0 fully saturated rings. The average Bonchev–Trinajstić information content (AvgIpc) is 2.44. The van der Waals surface area contributed by atoms with Crippen LogP contribution in [0.3, 0.4) is 0 Å². The molecule has 2 rings (SSSR count). The Morgan fingerprint density at radius 1 is 1.19 bits per heavy atom. The molecule has 1 aromatic carbocycles. The van der Waals surface area contributed by atoms with Crippen LogP contribution in [0.1, 0.15) is 31.9 Å². The molecule has 0 unspecified atom stereocenters. The highest BCUT2D eigenvalue weighted by Gasteiger charge is 2.13. The van der Waals surface area contributed by atoms with E-state index in [1.165, 1.54) is 22.5 Å². The topological polar surface area (TPSA) is 28.2 Å². The third-order valence-corrected chi connectivity index (χ3v) is 3.44. The van der Waals surface area contributed by atoms with E-state index in [-0.39, 0.29) is 5.54 Å². The first kappa shape index (κ1) is 15.5. The van der Waals surface area contributed by atoms with E-state index in [9.17, 15) is 0 Å². The van der Waals surface area contributed by atoms with E-state index in [4.69, 9.17) is 0 Å². The van der Waals surface area contributed by atoms with Gasteiger partial charge in [0.05, 0.1) is 0 Å². The molecule has 0 bridgehead atoms. The standard InChI is InChI=1S/C18H25N3/c1-14-7-6-8-16(11-14)21(5)17-9-10-19-12-15(17)13-20-18(2,3)4/h6-12,20H,13H2,1-5H3. The van der Waals surface area contributed by atoms with Crippen molar-refractivity contribution in [3.63, 3.8) is 0 Å². The monoisotopic (exact) mass is 283 g/mol. The van der Waals surface area contributed by atoms with Gasteiger partial charge in [-0.05, 0) is 51.5 Å². The second kappa shape index (κ2) is 6.27. The lowest BCUT2D eigenvalue weighted by Crippen LogP contribution is -2.35. The molecule has 21 heavy (non-hydrogen) atoms. The number of aromatic nitrogens is 1. The van der Waals surface area contributed by atoms with Gasteiger partial charge < -0.3 is 10.2 Å². The molecule has 2 aromatic rings. The molecule has 0 saturated carbocycles. The third-order valence-electron chi connectivity index (χ3n) is 3.44. The van der Waals surface area contributed by atoms with Crippen LogP contribution in [0.2, 0.25) is 0 Å². The molecule has 0 aliphatic carbocycles. The summed E-state index contributed by atoms with van der Waals surface area (Å²) in [5, 5.41) is 3.53. The fourth-order valence-corrected chi connectivity index (χ4v) is 2.22. The van der Waals surface area contributed by atoms with Crippen LogP contribution in [0, 0.1) is 6.92 Å². The molecule has 0 atom stereocenters. The largest absolute Gasteiger partial charge is 0.344 e. The minimum atomic E-state index is 0.0923. The Morgan fingerprint density at radius 3 is 2.62 bits per heavy atom. The quantitative estimate of drug-likeness (QED) is 0.917. The van der Waals surface area contributed by atoms with Crippen molar-refractivity contribution in [2.45, 2.75) is 39.8 Å². The normalized spacial score (nSPS) is 11.5. The van der Waals surface area contributed by atoms with Gasteiger partial charge in [-0.1, -0.05) is 12.1 Å². The summed E-state index contributed by atoms with van der Waals surface area (Å²) in [4.78, 5) is 6.49. The van der Waals surface area contributed by atoms with Crippen molar-refractivity contribution in [1.82, 2.24) is 10.3 Å². The molecule has 1 N–H and O–H groups in total. The highest BCUT2D eigenvalue weighted by Crippen LogP contribution is 2.27. The number of anilines is 2. The zero-order valence-corrected chi connectivity index (χ0v) is 13.6. The van der Waals surface area contributed by atoms with Crippen LogP contribution in [0.25, 0.3) is 0 Å². The Bertz CT molecular complexity index is 599. The first-order chi connectivity index (χ1) is 9.87. The highest BCUT2D eigenvalue weighted by atomic mass is 15.1. The molecule has 0 saturated heterocycles. The van der Waals surface area contributed by atoms with Crippen molar-refractivity contribution in [2.24, 2.45) is 0 Å². The molecule has 0 amide bonds. The minimum Gasteiger partial charge on any atom is -0.344 e. The lowest BCUT2D eigenvalue weighted by atomic mass is 10.1. The summed E-state index contributed by atoms with van der Waals surface area (Å²) in [6, 6.07) is 10.6. The zero-order valence-electron chi connectivity index (χ0n) is 13.6. The van der Waals surface area contributed by atoms with Crippen LogP contribution in [-0.4, -0.2) is 17.6 Å². The summed E-state index contributed by atoms with van der Waals surface area (Å²) < 4.78 is 0. The molecule has 0 aliphatic rings. The summed E-state index contributed by atoms with van der Waals surface area (Å²) in [6.45, 7) is 9.45. The molecule has 0 aliphatic heterocycles. The number of aryl methyl sites for hydroxylation is 1. The van der Waals surface area contributed by atoms with Crippen molar-refractivity contribution in [3.05, 3.63) is 53.9 Å². The first-order valence-electron chi connectivity index (χ1n) is 7.35. The Kier molecular flexibility index (Phi) is 4.63. The number of nitrogens with zero attached hydrogens (tertiary/aromatic N) is 2. The Balaban J connectivity index is 2.27. The summed E-state index contributed by atoms with van der Waals surface area (Å²) in [6.07, 6.45) is 3.79. The van der Waals surface area contributed by atoms with Gasteiger partial charge in [-0.15, -0.1) is 0 Å². The Labute approximate surface area is 128 Å². The van der Waals surface area contributed by atoms with Crippen LogP contribution < -0.4 is 10.2 Å². The van der Waals surface area contributed by atoms with Crippen LogP contribution in [0.5, 0.6) is 0 Å². The van der Waals surface area contributed by atoms with Gasteiger partial charge in [0.1, 0.15) is 0 Å². The van der Waals surface area contributed by atoms with Gasteiger partial charge in [0.15, 0.2) is 0 Å². The van der Waals surface area contributed by atoms with Crippen LogP contribution >= 0.6 is 0 Å². The van der Waals surface area contributed by atoms with Crippen molar-refractivity contribution in [3.8, 4) is 0 Å². The third kappa shape index (κ3) is 4.30. The van der Waals surface area contributed by atoms with Crippen LogP contribution in [-0.2, 0) is 6.54 Å². The second-order valence-electron chi connectivity index (χ2n) is 6.51. The van der Waals surface area contributed by atoms with E-state index >= 15 is 0 Å². The van der Waals surface area contributed by atoms with Gasteiger partial charge in [0, 0.05) is 48.5 Å². The van der Waals surface area contributed by atoms with Gasteiger partial charge in [-0.3, -0.25) is 4.98 Å². The number of hydrogen-bond donors (Lipinski definition) is 1. The maximum atomic E-state index is 4.27. The smallest absolute Gasteiger partial charge is 0.0484 e. The molecule has 0 spiro atoms. The predicted molar refractivity (Wildman–Crippen MR) is 90.1 cm³/mol. The van der Waals surface area contributed by atoms with Gasteiger partial charge in [-0.2, -0.15) is 0 Å². The Hall–Kier alpha value is -1.87. The van der Waals surface area contributed by atoms with Crippen molar-refractivity contribution < 1.29 is 0 Å². The van der Waals surface area contributed by atoms with E-state index in [1.807, 2.05) is 12.4 Å². The molecule has 0 radical (unpaired) electrons. The number of hydrogen-bond acceptors (Lipinski definition) is 3. The maximum Gasteiger partial charge on any atom is 0.0484 e. The van der Waals surface area contributed by atoms with Gasteiger partial charge >= 0.3 is 0 Å². The SMILES string of the molecule is Cc1cccc(N(C)c2ccncc2CNC(C)(C)C)c1. The summed E-state index contributed by atoms with van der Waals surface area (Å²) >= 11 is 0. The number of rotatable bonds is 4. The maximum absolute atomic E-state index is 4.27. The number of benzene rings is 1. The van der Waals surface area contributed by atoms with E-state index in [0.717, 1.165) is 6.54 Å². The fourth-order valence-electron chi connectivity index (χ4n) is 2.22. The van der Waals surface area contributed by atoms with Gasteiger partial charge in [0.25, 0.3) is 0 Å². The highest BCUT2D eigenvalue weighted by molar-refractivity contribution is 5.65. The van der Waals surface area contributed by atoms with Gasteiger partial charge in [0.2, 0.25) is 0 Å². The van der Waals surface area contributed by atoms with Crippen molar-refractivity contribution in [2.75, 3.05) is 11.9 Å². The number of pyridine rings is 1. The summed E-state index contributed by atoms with van der Waals surface area (Å²) in [5.41, 5.74) is 4.94. The second-order valence-corrected chi connectivity index (χ2v) is 6.51. The predicted octanol–water partition coefficient (Wildman–Crippen LogP) is 4.05. The number of nitrogens with one attached hydrogen (secondary N) is 1. The molecular formula is C18H25N3. The van der Waals surface area contributed by atoms with E-state index in [2.05, 4.69) is 80.3 Å². The van der Waals surface area contributed by atoms with Crippen LogP contribution in [0.4, 0.5) is 11.4 Å². The van der Waals surface area contributed by atoms with Crippen LogP contribution in [0.15, 0.2) is 42.7 Å². The minimum absolute atomic E-state index is 0.0923. The molecular weight excluding hydrogens is 258 g/mol. The molecule has 3 nitrogen and oxygen atoms in total.